The molecule has 0 radical (unpaired) electrons. The zero-order valence-electron chi connectivity index (χ0n) is 34.0. The highest BCUT2D eigenvalue weighted by Gasteiger charge is 2.26. The Balaban J connectivity index is 4.08. The molecule has 0 aliphatic carbocycles. The summed E-state index contributed by atoms with van der Waals surface area (Å²) >= 11 is 0. The zero-order chi connectivity index (χ0) is 38.9. The van der Waals surface area contributed by atoms with E-state index in [1.807, 2.05) is 0 Å². The van der Waals surface area contributed by atoms with Gasteiger partial charge >= 0.3 is 13.8 Å². The van der Waals surface area contributed by atoms with E-state index in [2.05, 4.69) is 50.3 Å². The molecule has 53 heavy (non-hydrogen) atoms. The van der Waals surface area contributed by atoms with Crippen LogP contribution in [0, 0.1) is 0 Å². The highest BCUT2D eigenvalue weighted by atomic mass is 31.2. The van der Waals surface area contributed by atoms with Gasteiger partial charge in [0.1, 0.15) is 12.2 Å². The number of phosphoric ester groups is 1. The fourth-order valence-corrected chi connectivity index (χ4v) is 6.56. The van der Waals surface area contributed by atoms with E-state index in [1.165, 1.54) is 103 Å². The molecule has 3 unspecified atom stereocenters. The van der Waals surface area contributed by atoms with Gasteiger partial charge in [-0.1, -0.05) is 166 Å². The number of aliphatic hydroxyl groups excluding tert-OH is 2. The van der Waals surface area contributed by atoms with E-state index in [1.54, 1.807) is 0 Å². The summed E-state index contributed by atoms with van der Waals surface area (Å²) in [6.45, 7) is 3.49. The van der Waals surface area contributed by atoms with Gasteiger partial charge in [-0.2, -0.15) is 0 Å². The Hall–Kier alpha value is -1.32. The van der Waals surface area contributed by atoms with Crippen LogP contribution in [0.2, 0.25) is 0 Å². The maximum absolute atomic E-state index is 12.6. The van der Waals surface area contributed by atoms with E-state index in [4.69, 9.17) is 23.6 Å². The normalized spacial score (nSPS) is 14.4. The Morgan fingerprint density at radius 1 is 0.585 bits per heavy atom. The van der Waals surface area contributed by atoms with E-state index in [0.717, 1.165) is 64.2 Å². The molecular weight excluding hydrogens is 691 g/mol. The summed E-state index contributed by atoms with van der Waals surface area (Å²) in [5, 5.41) is 18.3. The fourth-order valence-electron chi connectivity index (χ4n) is 5.77. The lowest BCUT2D eigenvalue weighted by Gasteiger charge is -2.20. The lowest BCUT2D eigenvalue weighted by molar-refractivity contribution is -0.154. The molecule has 3 N–H and O–H groups in total. The number of aliphatic hydroxyl groups is 2. The van der Waals surface area contributed by atoms with Crippen molar-refractivity contribution < 1.29 is 43.0 Å². The number of hydrogen-bond donors (Lipinski definition) is 3. The van der Waals surface area contributed by atoms with Crippen LogP contribution in [0.5, 0.6) is 0 Å². The molecule has 0 amide bonds. The molecule has 0 aromatic carbocycles. The van der Waals surface area contributed by atoms with E-state index >= 15 is 0 Å². The third kappa shape index (κ3) is 40.2. The molecule has 0 aliphatic rings. The summed E-state index contributed by atoms with van der Waals surface area (Å²) in [7, 11) is -4.51. The number of rotatable bonds is 41. The first kappa shape index (κ1) is 51.7. The Kier molecular flexibility index (Phi) is 39.3. The Labute approximate surface area is 325 Å². The number of carbonyl (C=O) groups excluding carboxylic acids is 1. The topological polar surface area (TPSA) is 132 Å². The van der Waals surface area contributed by atoms with Gasteiger partial charge in [-0.3, -0.25) is 13.8 Å². The number of esters is 1. The maximum Gasteiger partial charge on any atom is 0.472 e. The largest absolute Gasteiger partial charge is 0.472 e. The number of phosphoric acid groups is 1. The predicted molar refractivity (Wildman–Crippen MR) is 219 cm³/mol. The molecule has 0 saturated heterocycles. The summed E-state index contributed by atoms with van der Waals surface area (Å²) in [6, 6.07) is 0. The molecule has 0 heterocycles. The predicted octanol–water partition coefficient (Wildman–Crippen LogP) is 11.6. The van der Waals surface area contributed by atoms with Gasteiger partial charge in [-0.15, -0.1) is 0 Å². The van der Waals surface area contributed by atoms with Gasteiger partial charge in [0.05, 0.1) is 26.4 Å². The van der Waals surface area contributed by atoms with Gasteiger partial charge < -0.3 is 24.6 Å². The smallest absolute Gasteiger partial charge is 0.457 e. The number of hydrogen-bond acceptors (Lipinski definition) is 8. The quantitative estimate of drug-likeness (QED) is 0.0240. The third-order valence-electron chi connectivity index (χ3n) is 9.08. The monoisotopic (exact) mass is 773 g/mol. The van der Waals surface area contributed by atoms with Crippen molar-refractivity contribution in [2.24, 2.45) is 0 Å². The molecule has 0 spiro atoms. The van der Waals surface area contributed by atoms with Crippen LogP contribution in [0.3, 0.4) is 0 Å². The third-order valence-corrected chi connectivity index (χ3v) is 10.0. The summed E-state index contributed by atoms with van der Waals surface area (Å²) in [5.41, 5.74) is 0. The highest BCUT2D eigenvalue weighted by Crippen LogP contribution is 2.43. The summed E-state index contributed by atoms with van der Waals surface area (Å²) in [4.78, 5) is 22.5. The van der Waals surface area contributed by atoms with Gasteiger partial charge in [0.2, 0.25) is 0 Å². The molecule has 9 nitrogen and oxygen atoms in total. The first-order valence-electron chi connectivity index (χ1n) is 21.5. The Bertz CT molecular complexity index is 923. The van der Waals surface area contributed by atoms with Gasteiger partial charge in [0.25, 0.3) is 0 Å². The van der Waals surface area contributed by atoms with Crippen LogP contribution in [0.4, 0.5) is 0 Å². The van der Waals surface area contributed by atoms with Crippen LogP contribution in [-0.4, -0.2) is 66.3 Å². The van der Waals surface area contributed by atoms with Crippen molar-refractivity contribution in [3.63, 3.8) is 0 Å². The average Bonchev–Trinajstić information content (AvgIpc) is 3.15. The Morgan fingerprint density at radius 2 is 1.02 bits per heavy atom. The highest BCUT2D eigenvalue weighted by molar-refractivity contribution is 7.47. The van der Waals surface area contributed by atoms with Crippen molar-refractivity contribution in [2.45, 2.75) is 199 Å². The minimum atomic E-state index is -4.51. The van der Waals surface area contributed by atoms with E-state index in [9.17, 15) is 19.4 Å². The first-order valence-corrected chi connectivity index (χ1v) is 23.0. The minimum absolute atomic E-state index is 0.0477. The molecule has 0 bridgehead atoms. The molecular formula is C43H81O9P. The van der Waals surface area contributed by atoms with Crippen molar-refractivity contribution >= 4 is 13.8 Å². The van der Waals surface area contributed by atoms with Crippen molar-refractivity contribution in [3.05, 3.63) is 36.5 Å². The second kappa shape index (κ2) is 40.3. The van der Waals surface area contributed by atoms with Crippen LogP contribution in [0.1, 0.15) is 187 Å². The van der Waals surface area contributed by atoms with Crippen LogP contribution >= 0.6 is 7.82 Å². The Morgan fingerprint density at radius 3 is 1.53 bits per heavy atom. The van der Waals surface area contributed by atoms with Gasteiger partial charge in [0.15, 0.2) is 0 Å². The van der Waals surface area contributed by atoms with Crippen molar-refractivity contribution in [1.82, 2.24) is 0 Å². The summed E-state index contributed by atoms with van der Waals surface area (Å²) in [5.74, 6) is -0.390. The second-order valence-corrected chi connectivity index (χ2v) is 15.8. The molecule has 0 aromatic rings. The van der Waals surface area contributed by atoms with E-state index in [-0.39, 0.29) is 19.6 Å². The SMILES string of the molecule is CCCCCCC/C=C\C/C=C\C/C=C\CCCCCCCCCCC(=O)OC(COCCCCCCCCCCC)COP(=O)(O)OCC(O)CO. The first-order chi connectivity index (χ1) is 25.8. The van der Waals surface area contributed by atoms with Crippen LogP contribution in [0.15, 0.2) is 36.5 Å². The molecule has 312 valence electrons. The van der Waals surface area contributed by atoms with Crippen molar-refractivity contribution in [3.8, 4) is 0 Å². The van der Waals surface area contributed by atoms with E-state index in [0.29, 0.717) is 6.61 Å². The van der Waals surface area contributed by atoms with Gasteiger partial charge in [0, 0.05) is 13.0 Å². The van der Waals surface area contributed by atoms with Gasteiger partial charge in [-0.05, 0) is 51.4 Å². The lowest BCUT2D eigenvalue weighted by atomic mass is 10.1. The minimum Gasteiger partial charge on any atom is -0.457 e. The fraction of sp³-hybridized carbons (Fsp3) is 0.837. The number of allylic oxidation sites excluding steroid dienone is 6. The molecule has 10 heteroatoms. The maximum atomic E-state index is 12.6. The molecule has 0 rings (SSSR count). The summed E-state index contributed by atoms with van der Waals surface area (Å²) in [6.07, 6.45) is 42.5. The van der Waals surface area contributed by atoms with Crippen LogP contribution in [0.25, 0.3) is 0 Å². The van der Waals surface area contributed by atoms with Crippen molar-refractivity contribution in [1.29, 1.82) is 0 Å². The molecule has 0 aliphatic heterocycles. The summed E-state index contributed by atoms with van der Waals surface area (Å²) < 4.78 is 33.2. The van der Waals surface area contributed by atoms with Crippen LogP contribution in [-0.2, 0) is 27.9 Å². The molecule has 3 atom stereocenters. The van der Waals surface area contributed by atoms with E-state index < -0.39 is 39.2 Å². The molecule has 0 saturated carbocycles. The molecule has 0 aromatic heterocycles. The average molecular weight is 773 g/mol. The van der Waals surface area contributed by atoms with Gasteiger partial charge in [-0.25, -0.2) is 4.57 Å². The van der Waals surface area contributed by atoms with Crippen molar-refractivity contribution in [2.75, 3.05) is 33.0 Å². The number of ether oxygens (including phenoxy) is 2. The zero-order valence-corrected chi connectivity index (χ0v) is 34.9. The van der Waals surface area contributed by atoms with Crippen LogP contribution < -0.4 is 0 Å². The second-order valence-electron chi connectivity index (χ2n) is 14.4. The number of carbonyl (C=O) groups is 1. The lowest BCUT2D eigenvalue weighted by Crippen LogP contribution is -2.29. The molecule has 0 fully saturated rings. The standard InChI is InChI=1S/C43H81O9P/c1-3-5-7-9-11-13-14-15-16-17-18-19-20-21-22-23-24-25-26-27-29-31-33-35-43(46)52-42(40-51-53(47,48)50-38-41(45)37-44)39-49-36-34-32-30-28-12-10-8-6-4-2/h14-15,17-18,20-21,41-42,44-45H,3-13,16,19,22-40H2,1-2H3,(H,47,48)/b15-14-,18-17-,21-20-. The number of unbranched alkanes of at least 4 members (excludes halogenated alkanes) is 21.